The van der Waals surface area contributed by atoms with Gasteiger partial charge in [-0.25, -0.2) is 0 Å². The minimum Gasteiger partial charge on any atom is -0.489 e. The first-order valence-corrected chi connectivity index (χ1v) is 6.70. The number of aryl methyl sites for hydroxylation is 2. The number of nitrogens with zero attached hydrogens (tertiary/aromatic N) is 3. The fraction of sp³-hybridized carbons (Fsp3) is 0.400. The van der Waals surface area contributed by atoms with E-state index < -0.39 is 0 Å². The second kappa shape index (κ2) is 5.86. The highest BCUT2D eigenvalue weighted by Crippen LogP contribution is 2.16. The predicted octanol–water partition coefficient (Wildman–Crippen LogP) is 2.40. The molecule has 0 bridgehead atoms. The zero-order valence-corrected chi connectivity index (χ0v) is 12.3. The Hall–Kier alpha value is -2.17. The SMILES string of the molecule is CCc1cc(C(=O)c2cncc(OC(C)C)c2)n(C)n1. The van der Waals surface area contributed by atoms with Gasteiger partial charge in [-0.05, 0) is 32.4 Å². The number of carbonyl (C=O) groups excluding carboxylic acids is 1. The van der Waals surface area contributed by atoms with Crippen molar-refractivity contribution in [1.82, 2.24) is 14.8 Å². The maximum atomic E-state index is 12.5. The molecule has 0 aliphatic carbocycles. The van der Waals surface area contributed by atoms with Gasteiger partial charge in [0.15, 0.2) is 0 Å². The summed E-state index contributed by atoms with van der Waals surface area (Å²) in [6.07, 6.45) is 4.01. The highest BCUT2D eigenvalue weighted by Gasteiger charge is 2.16. The number of aromatic nitrogens is 3. The van der Waals surface area contributed by atoms with Gasteiger partial charge in [0, 0.05) is 18.8 Å². The van der Waals surface area contributed by atoms with Crippen LogP contribution >= 0.6 is 0 Å². The first-order valence-electron chi connectivity index (χ1n) is 6.70. The summed E-state index contributed by atoms with van der Waals surface area (Å²) in [7, 11) is 1.77. The highest BCUT2D eigenvalue weighted by molar-refractivity contribution is 6.07. The highest BCUT2D eigenvalue weighted by atomic mass is 16.5. The van der Waals surface area contributed by atoms with E-state index in [-0.39, 0.29) is 11.9 Å². The van der Waals surface area contributed by atoms with Crippen LogP contribution in [0.15, 0.2) is 24.5 Å². The van der Waals surface area contributed by atoms with Crippen LogP contribution in [-0.4, -0.2) is 26.7 Å². The number of pyridine rings is 1. The Bertz CT molecular complexity index is 617. The summed E-state index contributed by atoms with van der Waals surface area (Å²) in [5, 5.41) is 4.29. The van der Waals surface area contributed by atoms with Gasteiger partial charge in [-0.3, -0.25) is 14.5 Å². The molecule has 0 N–H and O–H groups in total. The van der Waals surface area contributed by atoms with E-state index in [0.717, 1.165) is 12.1 Å². The maximum absolute atomic E-state index is 12.5. The fourth-order valence-electron chi connectivity index (χ4n) is 1.94. The summed E-state index contributed by atoms with van der Waals surface area (Å²) < 4.78 is 7.17. The first-order chi connectivity index (χ1) is 9.51. The lowest BCUT2D eigenvalue weighted by Gasteiger charge is -2.09. The molecule has 0 amide bonds. The van der Waals surface area contributed by atoms with Crippen molar-refractivity contribution in [3.05, 3.63) is 41.5 Å². The van der Waals surface area contributed by atoms with Crippen molar-refractivity contribution < 1.29 is 9.53 Å². The fourth-order valence-corrected chi connectivity index (χ4v) is 1.94. The van der Waals surface area contributed by atoms with Crippen molar-refractivity contribution in [1.29, 1.82) is 0 Å². The van der Waals surface area contributed by atoms with Gasteiger partial charge in [0.2, 0.25) is 5.78 Å². The van der Waals surface area contributed by atoms with Crippen molar-refractivity contribution in [3.63, 3.8) is 0 Å². The number of carbonyl (C=O) groups is 1. The van der Waals surface area contributed by atoms with E-state index in [2.05, 4.69) is 10.1 Å². The molecular weight excluding hydrogens is 254 g/mol. The van der Waals surface area contributed by atoms with Gasteiger partial charge >= 0.3 is 0 Å². The van der Waals surface area contributed by atoms with Crippen LogP contribution in [0.1, 0.15) is 42.5 Å². The van der Waals surface area contributed by atoms with E-state index in [0.29, 0.717) is 17.0 Å². The molecule has 5 nitrogen and oxygen atoms in total. The number of ether oxygens (including phenoxy) is 1. The minimum absolute atomic E-state index is 0.0468. The number of ketones is 1. The summed E-state index contributed by atoms with van der Waals surface area (Å²) in [6.45, 7) is 5.88. The quantitative estimate of drug-likeness (QED) is 0.785. The normalized spacial score (nSPS) is 10.8. The van der Waals surface area contributed by atoms with E-state index in [1.807, 2.05) is 26.8 Å². The van der Waals surface area contributed by atoms with Crippen LogP contribution in [0.3, 0.4) is 0 Å². The van der Waals surface area contributed by atoms with Gasteiger partial charge in [0.05, 0.1) is 18.0 Å². The average molecular weight is 273 g/mol. The van der Waals surface area contributed by atoms with Crippen molar-refractivity contribution in [2.45, 2.75) is 33.3 Å². The van der Waals surface area contributed by atoms with Gasteiger partial charge in [-0.2, -0.15) is 5.10 Å². The standard InChI is InChI=1S/C15H19N3O2/c1-5-12-7-14(18(4)17-12)15(19)11-6-13(9-16-8-11)20-10(2)3/h6-10H,5H2,1-4H3. The summed E-state index contributed by atoms with van der Waals surface area (Å²) in [5.41, 5.74) is 1.97. The molecule has 5 heteroatoms. The molecule has 0 saturated carbocycles. The van der Waals surface area contributed by atoms with Gasteiger partial charge in [-0.1, -0.05) is 6.92 Å². The van der Waals surface area contributed by atoms with E-state index in [1.54, 1.807) is 30.2 Å². The van der Waals surface area contributed by atoms with Gasteiger partial charge in [0.25, 0.3) is 0 Å². The molecule has 0 radical (unpaired) electrons. The Morgan fingerprint density at radius 1 is 1.35 bits per heavy atom. The molecule has 2 rings (SSSR count). The third-order valence-corrected chi connectivity index (χ3v) is 2.87. The molecule has 2 aromatic rings. The predicted molar refractivity (Wildman–Crippen MR) is 76.0 cm³/mol. The van der Waals surface area contributed by atoms with E-state index >= 15 is 0 Å². The zero-order valence-electron chi connectivity index (χ0n) is 12.3. The molecular formula is C15H19N3O2. The third kappa shape index (κ3) is 3.04. The number of rotatable bonds is 5. The molecule has 0 saturated heterocycles. The largest absolute Gasteiger partial charge is 0.489 e. The van der Waals surface area contributed by atoms with Crippen LogP contribution in [0.5, 0.6) is 5.75 Å². The average Bonchev–Trinajstić information content (AvgIpc) is 2.79. The van der Waals surface area contributed by atoms with Crippen LogP contribution in [0.25, 0.3) is 0 Å². The maximum Gasteiger partial charge on any atom is 0.212 e. The molecule has 0 spiro atoms. The van der Waals surface area contributed by atoms with Gasteiger partial charge in [-0.15, -0.1) is 0 Å². The molecule has 20 heavy (non-hydrogen) atoms. The molecule has 0 aliphatic heterocycles. The lowest BCUT2D eigenvalue weighted by molar-refractivity contribution is 0.102. The van der Waals surface area contributed by atoms with Gasteiger partial charge in [0.1, 0.15) is 11.4 Å². The summed E-state index contributed by atoms with van der Waals surface area (Å²) in [6, 6.07) is 3.53. The molecule has 106 valence electrons. The molecule has 0 fully saturated rings. The van der Waals surface area contributed by atoms with E-state index in [4.69, 9.17) is 4.74 Å². The zero-order chi connectivity index (χ0) is 14.7. The summed E-state index contributed by atoms with van der Waals surface area (Å²) in [5.74, 6) is 0.505. The molecule has 2 heterocycles. The molecule has 0 aromatic carbocycles. The number of hydrogen-bond donors (Lipinski definition) is 0. The molecule has 0 atom stereocenters. The number of hydrogen-bond acceptors (Lipinski definition) is 4. The Labute approximate surface area is 118 Å². The molecule has 2 aromatic heterocycles. The van der Waals surface area contributed by atoms with Crippen molar-refractivity contribution in [2.24, 2.45) is 7.05 Å². The Morgan fingerprint density at radius 2 is 2.10 bits per heavy atom. The molecule has 0 unspecified atom stereocenters. The summed E-state index contributed by atoms with van der Waals surface area (Å²) in [4.78, 5) is 16.5. The smallest absolute Gasteiger partial charge is 0.212 e. The van der Waals surface area contributed by atoms with E-state index in [9.17, 15) is 4.79 Å². The summed E-state index contributed by atoms with van der Waals surface area (Å²) >= 11 is 0. The second-order valence-electron chi connectivity index (χ2n) is 4.90. The topological polar surface area (TPSA) is 57.0 Å². The Kier molecular flexibility index (Phi) is 4.17. The van der Waals surface area contributed by atoms with E-state index in [1.165, 1.54) is 0 Å². The first kappa shape index (κ1) is 14.2. The Morgan fingerprint density at radius 3 is 2.70 bits per heavy atom. The van der Waals surface area contributed by atoms with Crippen LogP contribution in [0.4, 0.5) is 0 Å². The van der Waals surface area contributed by atoms with Gasteiger partial charge < -0.3 is 4.74 Å². The lowest BCUT2D eigenvalue weighted by Crippen LogP contribution is -2.10. The van der Waals surface area contributed by atoms with Crippen LogP contribution in [0.2, 0.25) is 0 Å². The van der Waals surface area contributed by atoms with Crippen LogP contribution in [0, 0.1) is 0 Å². The second-order valence-corrected chi connectivity index (χ2v) is 4.90. The van der Waals surface area contributed by atoms with Crippen LogP contribution < -0.4 is 4.74 Å². The van der Waals surface area contributed by atoms with Crippen molar-refractivity contribution in [2.75, 3.05) is 0 Å². The molecule has 0 aliphatic rings. The lowest BCUT2D eigenvalue weighted by atomic mass is 10.1. The van der Waals surface area contributed by atoms with Crippen LogP contribution in [-0.2, 0) is 13.5 Å². The Balaban J connectivity index is 2.30. The monoisotopic (exact) mass is 273 g/mol. The third-order valence-electron chi connectivity index (χ3n) is 2.87. The minimum atomic E-state index is -0.0959. The van der Waals surface area contributed by atoms with Crippen molar-refractivity contribution in [3.8, 4) is 5.75 Å². The van der Waals surface area contributed by atoms with Crippen molar-refractivity contribution >= 4 is 5.78 Å².